The first-order valence-electron chi connectivity index (χ1n) is 5.34. The molecule has 2 aromatic rings. The van der Waals surface area contributed by atoms with Crippen LogP contribution in [0.2, 0.25) is 0 Å². The fraction of sp³-hybridized carbons (Fsp3) is 0.167. The number of rotatable bonds is 5. The van der Waals surface area contributed by atoms with E-state index >= 15 is 0 Å². The number of hydrogen-bond acceptors (Lipinski definition) is 5. The Balaban J connectivity index is 1.80. The molecule has 1 heterocycles. The van der Waals surface area contributed by atoms with Gasteiger partial charge in [0, 0.05) is 0 Å². The molecule has 6 heteroatoms. The van der Waals surface area contributed by atoms with Crippen molar-refractivity contribution in [1.29, 1.82) is 0 Å². The SMILES string of the molecule is Nc1ncc(Br)c(OCCOc2ccccc2)n1. The molecule has 0 fully saturated rings. The fourth-order valence-corrected chi connectivity index (χ4v) is 1.59. The number of benzene rings is 1. The molecule has 0 spiro atoms. The van der Waals surface area contributed by atoms with Crippen molar-refractivity contribution in [3.63, 3.8) is 0 Å². The lowest BCUT2D eigenvalue weighted by atomic mass is 10.3. The molecule has 0 aliphatic carbocycles. The Morgan fingerprint density at radius 3 is 2.61 bits per heavy atom. The number of halogens is 1. The van der Waals surface area contributed by atoms with E-state index < -0.39 is 0 Å². The van der Waals surface area contributed by atoms with E-state index in [0.717, 1.165) is 5.75 Å². The summed E-state index contributed by atoms with van der Waals surface area (Å²) < 4.78 is 11.6. The standard InChI is InChI=1S/C12H12BrN3O2/c13-10-8-15-12(14)16-11(10)18-7-6-17-9-4-2-1-3-5-9/h1-5,8H,6-7H2,(H2,14,15,16). The number of nitrogens with two attached hydrogens (primary N) is 1. The average Bonchev–Trinajstić information content (AvgIpc) is 2.40. The van der Waals surface area contributed by atoms with Crippen LogP contribution in [0, 0.1) is 0 Å². The molecule has 94 valence electrons. The number of ether oxygens (including phenoxy) is 2. The van der Waals surface area contributed by atoms with Gasteiger partial charge in [-0.1, -0.05) is 18.2 Å². The van der Waals surface area contributed by atoms with Gasteiger partial charge in [0.05, 0.1) is 10.7 Å². The summed E-state index contributed by atoms with van der Waals surface area (Å²) in [5.74, 6) is 1.40. The van der Waals surface area contributed by atoms with E-state index in [9.17, 15) is 0 Å². The molecule has 0 aliphatic rings. The van der Waals surface area contributed by atoms with Crippen LogP contribution < -0.4 is 15.2 Å². The van der Waals surface area contributed by atoms with Gasteiger partial charge in [-0.25, -0.2) is 4.98 Å². The molecule has 0 radical (unpaired) electrons. The molecule has 0 unspecified atom stereocenters. The van der Waals surface area contributed by atoms with Crippen molar-refractivity contribution in [3.8, 4) is 11.6 Å². The van der Waals surface area contributed by atoms with E-state index in [2.05, 4.69) is 25.9 Å². The van der Waals surface area contributed by atoms with Crippen LogP contribution in [0.4, 0.5) is 5.95 Å². The molecular formula is C12H12BrN3O2. The Labute approximate surface area is 113 Å². The zero-order valence-corrected chi connectivity index (χ0v) is 11.1. The number of anilines is 1. The van der Waals surface area contributed by atoms with Crippen molar-refractivity contribution in [1.82, 2.24) is 9.97 Å². The van der Waals surface area contributed by atoms with Crippen LogP contribution in [0.25, 0.3) is 0 Å². The molecule has 0 aliphatic heterocycles. The Morgan fingerprint density at radius 1 is 1.11 bits per heavy atom. The van der Waals surface area contributed by atoms with Crippen molar-refractivity contribution >= 4 is 21.9 Å². The summed E-state index contributed by atoms with van der Waals surface area (Å²) in [6.07, 6.45) is 1.55. The molecule has 0 bridgehead atoms. The molecule has 0 atom stereocenters. The van der Waals surface area contributed by atoms with Gasteiger partial charge in [-0.15, -0.1) is 0 Å². The van der Waals surface area contributed by atoms with Gasteiger partial charge in [-0.05, 0) is 28.1 Å². The minimum atomic E-state index is 0.178. The first kappa shape index (κ1) is 12.6. The van der Waals surface area contributed by atoms with Crippen molar-refractivity contribution < 1.29 is 9.47 Å². The highest BCUT2D eigenvalue weighted by Crippen LogP contribution is 2.21. The minimum absolute atomic E-state index is 0.178. The molecule has 0 amide bonds. The van der Waals surface area contributed by atoms with Gasteiger partial charge in [0.15, 0.2) is 0 Å². The first-order chi connectivity index (χ1) is 8.75. The maximum absolute atomic E-state index is 5.48. The topological polar surface area (TPSA) is 70.3 Å². The Bertz CT molecular complexity index is 508. The van der Waals surface area contributed by atoms with E-state index in [1.54, 1.807) is 6.20 Å². The molecule has 0 saturated carbocycles. The summed E-state index contributed by atoms with van der Waals surface area (Å²) in [5.41, 5.74) is 5.47. The van der Waals surface area contributed by atoms with E-state index in [1.165, 1.54) is 0 Å². The lowest BCUT2D eigenvalue weighted by Gasteiger charge is -2.08. The molecule has 5 nitrogen and oxygen atoms in total. The van der Waals surface area contributed by atoms with Crippen LogP contribution in [-0.2, 0) is 0 Å². The lowest BCUT2D eigenvalue weighted by molar-refractivity contribution is 0.211. The summed E-state index contributed by atoms with van der Waals surface area (Å²) in [6.45, 7) is 0.810. The smallest absolute Gasteiger partial charge is 0.233 e. The third-order valence-corrected chi connectivity index (χ3v) is 2.61. The van der Waals surface area contributed by atoms with Crippen molar-refractivity contribution in [2.24, 2.45) is 0 Å². The van der Waals surface area contributed by atoms with Crippen LogP contribution in [0.1, 0.15) is 0 Å². The zero-order valence-electron chi connectivity index (χ0n) is 9.54. The van der Waals surface area contributed by atoms with E-state index in [1.807, 2.05) is 30.3 Å². The predicted molar refractivity (Wildman–Crippen MR) is 71.6 cm³/mol. The maximum Gasteiger partial charge on any atom is 0.233 e. The molecule has 2 rings (SSSR count). The number of para-hydroxylation sites is 1. The van der Waals surface area contributed by atoms with Gasteiger partial charge >= 0.3 is 0 Å². The highest BCUT2D eigenvalue weighted by Gasteiger charge is 2.04. The van der Waals surface area contributed by atoms with Gasteiger partial charge in [0.2, 0.25) is 11.8 Å². The number of nitrogens with zero attached hydrogens (tertiary/aromatic N) is 2. The van der Waals surface area contributed by atoms with Gasteiger partial charge in [-0.3, -0.25) is 0 Å². The van der Waals surface area contributed by atoms with Crippen LogP contribution in [0.3, 0.4) is 0 Å². The number of aromatic nitrogens is 2. The largest absolute Gasteiger partial charge is 0.490 e. The second kappa shape index (κ2) is 6.20. The Hall–Kier alpha value is -1.82. The summed E-state index contributed by atoms with van der Waals surface area (Å²) in [4.78, 5) is 7.78. The van der Waals surface area contributed by atoms with Crippen molar-refractivity contribution in [2.75, 3.05) is 18.9 Å². The quantitative estimate of drug-likeness (QED) is 0.858. The lowest BCUT2D eigenvalue weighted by Crippen LogP contribution is -2.10. The van der Waals surface area contributed by atoms with Crippen molar-refractivity contribution in [3.05, 3.63) is 41.0 Å². The van der Waals surface area contributed by atoms with E-state index in [4.69, 9.17) is 15.2 Å². The Morgan fingerprint density at radius 2 is 1.83 bits per heavy atom. The summed E-state index contributed by atoms with van der Waals surface area (Å²) in [7, 11) is 0. The van der Waals surface area contributed by atoms with Gasteiger partial charge < -0.3 is 15.2 Å². The number of nitrogen functional groups attached to an aromatic ring is 1. The van der Waals surface area contributed by atoms with Crippen LogP contribution in [0.5, 0.6) is 11.6 Å². The highest BCUT2D eigenvalue weighted by molar-refractivity contribution is 9.10. The second-order valence-corrected chi connectivity index (χ2v) is 4.25. The van der Waals surface area contributed by atoms with E-state index in [0.29, 0.717) is 23.6 Å². The number of hydrogen-bond donors (Lipinski definition) is 1. The van der Waals surface area contributed by atoms with E-state index in [-0.39, 0.29) is 5.95 Å². The predicted octanol–water partition coefficient (Wildman–Crippen LogP) is 2.28. The summed E-state index contributed by atoms with van der Waals surface area (Å²) in [5, 5.41) is 0. The third kappa shape index (κ3) is 3.59. The minimum Gasteiger partial charge on any atom is -0.490 e. The summed E-state index contributed by atoms with van der Waals surface area (Å²) in [6, 6.07) is 9.54. The Kier molecular flexibility index (Phi) is 4.35. The van der Waals surface area contributed by atoms with Gasteiger partial charge in [-0.2, -0.15) is 4.98 Å². The third-order valence-electron chi connectivity index (χ3n) is 2.06. The molecule has 1 aromatic carbocycles. The highest BCUT2D eigenvalue weighted by atomic mass is 79.9. The van der Waals surface area contributed by atoms with Gasteiger partial charge in [0.1, 0.15) is 19.0 Å². The van der Waals surface area contributed by atoms with Crippen molar-refractivity contribution in [2.45, 2.75) is 0 Å². The maximum atomic E-state index is 5.48. The van der Waals surface area contributed by atoms with Gasteiger partial charge in [0.25, 0.3) is 0 Å². The molecular weight excluding hydrogens is 298 g/mol. The molecule has 1 aromatic heterocycles. The van der Waals surface area contributed by atoms with Crippen LogP contribution in [0.15, 0.2) is 41.0 Å². The zero-order chi connectivity index (χ0) is 12.8. The molecule has 18 heavy (non-hydrogen) atoms. The fourth-order valence-electron chi connectivity index (χ4n) is 1.28. The van der Waals surface area contributed by atoms with Crippen LogP contribution in [-0.4, -0.2) is 23.2 Å². The van der Waals surface area contributed by atoms with Crippen LogP contribution >= 0.6 is 15.9 Å². The monoisotopic (exact) mass is 309 g/mol. The second-order valence-electron chi connectivity index (χ2n) is 3.39. The molecule has 2 N–H and O–H groups in total. The first-order valence-corrected chi connectivity index (χ1v) is 6.13. The summed E-state index contributed by atoms with van der Waals surface area (Å²) >= 11 is 3.28. The normalized spacial score (nSPS) is 10.1. The molecule has 0 saturated heterocycles. The average molecular weight is 310 g/mol.